The number of benzene rings is 2. The van der Waals surface area contributed by atoms with Crippen LogP contribution in [0.4, 0.5) is 10.1 Å². The highest BCUT2D eigenvalue weighted by molar-refractivity contribution is 6.08. The van der Waals surface area contributed by atoms with Crippen molar-refractivity contribution in [1.29, 1.82) is 0 Å². The zero-order chi connectivity index (χ0) is 14.7. The van der Waals surface area contributed by atoms with Crippen LogP contribution >= 0.6 is 0 Å². The molecule has 0 heterocycles. The summed E-state index contributed by atoms with van der Waals surface area (Å²) in [5.41, 5.74) is 6.33. The van der Waals surface area contributed by atoms with Crippen molar-refractivity contribution >= 4 is 17.5 Å². The molecule has 2 amide bonds. The molecule has 2 aromatic rings. The lowest BCUT2D eigenvalue weighted by atomic mass is 10.1. The first-order valence-corrected chi connectivity index (χ1v) is 5.95. The first-order chi connectivity index (χ1) is 9.49. The second-order valence-corrected chi connectivity index (χ2v) is 4.35. The summed E-state index contributed by atoms with van der Waals surface area (Å²) in [6.45, 7) is 1.76. The van der Waals surface area contributed by atoms with Gasteiger partial charge in [-0.3, -0.25) is 9.59 Å². The third kappa shape index (κ3) is 2.83. The van der Waals surface area contributed by atoms with E-state index in [1.54, 1.807) is 25.1 Å². The summed E-state index contributed by atoms with van der Waals surface area (Å²) in [5, 5.41) is 2.50. The fourth-order valence-electron chi connectivity index (χ4n) is 1.81. The molecule has 2 rings (SSSR count). The SMILES string of the molecule is Cc1ccc(F)c(C(=O)Nc2ccccc2C(N)=O)c1. The maximum absolute atomic E-state index is 13.6. The highest BCUT2D eigenvalue weighted by Gasteiger charge is 2.15. The van der Waals surface area contributed by atoms with Gasteiger partial charge < -0.3 is 11.1 Å². The second-order valence-electron chi connectivity index (χ2n) is 4.35. The number of carbonyl (C=O) groups excluding carboxylic acids is 2. The molecule has 20 heavy (non-hydrogen) atoms. The molecule has 0 aliphatic heterocycles. The minimum absolute atomic E-state index is 0.0794. The smallest absolute Gasteiger partial charge is 0.258 e. The van der Waals surface area contributed by atoms with Gasteiger partial charge in [0.1, 0.15) is 5.82 Å². The molecule has 0 spiro atoms. The van der Waals surface area contributed by atoms with E-state index in [0.29, 0.717) is 0 Å². The van der Waals surface area contributed by atoms with E-state index >= 15 is 0 Å². The van der Waals surface area contributed by atoms with E-state index in [1.807, 2.05) is 0 Å². The van der Waals surface area contributed by atoms with Crippen molar-refractivity contribution in [3.8, 4) is 0 Å². The summed E-state index contributed by atoms with van der Waals surface area (Å²) >= 11 is 0. The standard InChI is InChI=1S/C15H13FN2O2/c1-9-6-7-12(16)11(8-9)15(20)18-13-5-3-2-4-10(13)14(17)19/h2-8H,1H3,(H2,17,19)(H,18,20). The lowest BCUT2D eigenvalue weighted by Crippen LogP contribution is -2.19. The van der Waals surface area contributed by atoms with Crippen LogP contribution in [-0.2, 0) is 0 Å². The van der Waals surface area contributed by atoms with E-state index in [0.717, 1.165) is 5.56 Å². The maximum atomic E-state index is 13.6. The van der Waals surface area contributed by atoms with E-state index in [4.69, 9.17) is 5.73 Å². The molecule has 3 N–H and O–H groups in total. The molecule has 0 saturated heterocycles. The average Bonchev–Trinajstić information content (AvgIpc) is 2.41. The summed E-state index contributed by atoms with van der Waals surface area (Å²) in [6.07, 6.45) is 0. The van der Waals surface area contributed by atoms with E-state index in [-0.39, 0.29) is 16.8 Å². The minimum atomic E-state index is -0.661. The van der Waals surface area contributed by atoms with Crippen molar-refractivity contribution in [2.24, 2.45) is 5.73 Å². The topological polar surface area (TPSA) is 72.2 Å². The lowest BCUT2D eigenvalue weighted by Gasteiger charge is -2.09. The van der Waals surface area contributed by atoms with Crippen molar-refractivity contribution in [2.75, 3.05) is 5.32 Å². The highest BCUT2D eigenvalue weighted by atomic mass is 19.1. The third-order valence-corrected chi connectivity index (χ3v) is 2.81. The molecule has 0 aliphatic rings. The number of hydrogen-bond donors (Lipinski definition) is 2. The molecule has 5 heteroatoms. The quantitative estimate of drug-likeness (QED) is 0.901. The Labute approximate surface area is 115 Å². The van der Waals surface area contributed by atoms with Crippen LogP contribution in [0.2, 0.25) is 0 Å². The number of rotatable bonds is 3. The average molecular weight is 272 g/mol. The Kier molecular flexibility index (Phi) is 3.79. The number of amides is 2. The van der Waals surface area contributed by atoms with Crippen molar-refractivity contribution in [3.05, 3.63) is 65.0 Å². The number of aryl methyl sites for hydroxylation is 1. The lowest BCUT2D eigenvalue weighted by molar-refractivity contribution is 0.100. The van der Waals surface area contributed by atoms with Gasteiger partial charge in [-0.05, 0) is 31.2 Å². The van der Waals surface area contributed by atoms with Gasteiger partial charge in [0.05, 0.1) is 16.8 Å². The number of nitrogens with one attached hydrogen (secondary N) is 1. The second kappa shape index (κ2) is 5.52. The Morgan fingerprint density at radius 2 is 1.80 bits per heavy atom. The van der Waals surface area contributed by atoms with Gasteiger partial charge in [-0.15, -0.1) is 0 Å². The molecule has 4 nitrogen and oxygen atoms in total. The first-order valence-electron chi connectivity index (χ1n) is 5.95. The molecule has 2 aromatic carbocycles. The Hall–Kier alpha value is -2.69. The van der Waals surface area contributed by atoms with Gasteiger partial charge in [-0.2, -0.15) is 0 Å². The predicted molar refractivity (Wildman–Crippen MR) is 74.1 cm³/mol. The van der Waals surface area contributed by atoms with Gasteiger partial charge in [-0.1, -0.05) is 23.8 Å². The molecule has 0 aliphatic carbocycles. The minimum Gasteiger partial charge on any atom is -0.366 e. The van der Waals surface area contributed by atoms with Crippen molar-refractivity contribution in [1.82, 2.24) is 0 Å². The number of primary amides is 1. The number of hydrogen-bond acceptors (Lipinski definition) is 2. The Morgan fingerprint density at radius 1 is 1.10 bits per heavy atom. The van der Waals surface area contributed by atoms with Crippen LogP contribution in [0.25, 0.3) is 0 Å². The Morgan fingerprint density at radius 3 is 2.50 bits per heavy atom. The van der Waals surface area contributed by atoms with Gasteiger partial charge in [-0.25, -0.2) is 4.39 Å². The van der Waals surface area contributed by atoms with Gasteiger partial charge >= 0.3 is 0 Å². The van der Waals surface area contributed by atoms with Crippen molar-refractivity contribution < 1.29 is 14.0 Å². The van der Waals surface area contributed by atoms with Gasteiger partial charge in [0, 0.05) is 0 Å². The van der Waals surface area contributed by atoms with E-state index in [1.165, 1.54) is 24.3 Å². The summed E-state index contributed by atoms with van der Waals surface area (Å²) < 4.78 is 13.6. The Balaban J connectivity index is 2.33. The fourth-order valence-corrected chi connectivity index (χ4v) is 1.81. The molecule has 0 bridgehead atoms. The van der Waals surface area contributed by atoms with Crippen LogP contribution in [0.3, 0.4) is 0 Å². The van der Waals surface area contributed by atoms with Crippen LogP contribution < -0.4 is 11.1 Å². The number of carbonyl (C=O) groups is 2. The summed E-state index contributed by atoms with van der Waals surface area (Å²) in [5.74, 6) is -1.91. The molecule has 0 radical (unpaired) electrons. The zero-order valence-electron chi connectivity index (χ0n) is 10.8. The summed E-state index contributed by atoms with van der Waals surface area (Å²) in [7, 11) is 0. The Bertz CT molecular complexity index is 683. The molecule has 0 fully saturated rings. The van der Waals surface area contributed by atoms with Crippen LogP contribution in [-0.4, -0.2) is 11.8 Å². The van der Waals surface area contributed by atoms with Crippen LogP contribution in [0.5, 0.6) is 0 Å². The molecule has 0 unspecified atom stereocenters. The molecule has 0 atom stereocenters. The monoisotopic (exact) mass is 272 g/mol. The van der Waals surface area contributed by atoms with Gasteiger partial charge in [0.2, 0.25) is 0 Å². The van der Waals surface area contributed by atoms with Crippen molar-refractivity contribution in [2.45, 2.75) is 6.92 Å². The normalized spacial score (nSPS) is 10.1. The van der Waals surface area contributed by atoms with E-state index in [2.05, 4.69) is 5.32 Å². The zero-order valence-corrected chi connectivity index (χ0v) is 10.8. The highest BCUT2D eigenvalue weighted by Crippen LogP contribution is 2.17. The van der Waals surface area contributed by atoms with Crippen LogP contribution in [0, 0.1) is 12.7 Å². The molecular weight excluding hydrogens is 259 g/mol. The van der Waals surface area contributed by atoms with Crippen molar-refractivity contribution in [3.63, 3.8) is 0 Å². The van der Waals surface area contributed by atoms with E-state index < -0.39 is 17.6 Å². The third-order valence-electron chi connectivity index (χ3n) is 2.81. The van der Waals surface area contributed by atoms with Gasteiger partial charge in [0.15, 0.2) is 0 Å². The molecule has 102 valence electrons. The summed E-state index contributed by atoms with van der Waals surface area (Å²) in [4.78, 5) is 23.3. The number of nitrogens with two attached hydrogens (primary N) is 1. The summed E-state index contributed by atoms with van der Waals surface area (Å²) in [6, 6.07) is 10.5. The molecule has 0 saturated carbocycles. The fraction of sp³-hybridized carbons (Fsp3) is 0.0667. The number of halogens is 1. The number of para-hydroxylation sites is 1. The molecule has 0 aromatic heterocycles. The van der Waals surface area contributed by atoms with Crippen LogP contribution in [0.1, 0.15) is 26.3 Å². The predicted octanol–water partition coefficient (Wildman–Crippen LogP) is 2.49. The van der Waals surface area contributed by atoms with E-state index in [9.17, 15) is 14.0 Å². The molecular formula is C15H13FN2O2. The largest absolute Gasteiger partial charge is 0.366 e. The first kappa shape index (κ1) is 13.7. The maximum Gasteiger partial charge on any atom is 0.258 e. The van der Waals surface area contributed by atoms with Gasteiger partial charge in [0.25, 0.3) is 11.8 Å². The number of anilines is 1. The van der Waals surface area contributed by atoms with Crippen LogP contribution in [0.15, 0.2) is 42.5 Å².